The van der Waals surface area contributed by atoms with Crippen LogP contribution < -0.4 is 5.32 Å². The van der Waals surface area contributed by atoms with Crippen molar-refractivity contribution in [1.82, 2.24) is 10.2 Å². The van der Waals surface area contributed by atoms with Crippen LogP contribution in [0.3, 0.4) is 0 Å². The van der Waals surface area contributed by atoms with Crippen LogP contribution >= 0.6 is 12.4 Å². The minimum absolute atomic E-state index is 0. The maximum absolute atomic E-state index is 13.1. The molecule has 3 rings (SSSR count). The van der Waals surface area contributed by atoms with Crippen LogP contribution in [0, 0.1) is 11.7 Å². The first-order valence-electron chi connectivity index (χ1n) is 8.51. The van der Waals surface area contributed by atoms with E-state index >= 15 is 0 Å². The first-order valence-corrected chi connectivity index (χ1v) is 8.51. The van der Waals surface area contributed by atoms with Crippen molar-refractivity contribution in [1.29, 1.82) is 0 Å². The summed E-state index contributed by atoms with van der Waals surface area (Å²) < 4.78 is 19.0. The molecular weight excluding hydrogens is 331 g/mol. The average molecular weight is 357 g/mol. The molecule has 134 valence electrons. The SMILES string of the molecule is CC1CN(C(=O)CCC2CCNC2)CC(c2ccc(F)cc2)O1.Cl. The molecule has 0 aliphatic carbocycles. The van der Waals surface area contributed by atoms with Gasteiger partial charge < -0.3 is 15.0 Å². The van der Waals surface area contributed by atoms with E-state index in [1.807, 2.05) is 11.8 Å². The van der Waals surface area contributed by atoms with Gasteiger partial charge in [-0.3, -0.25) is 4.79 Å². The maximum atomic E-state index is 13.1. The Morgan fingerprint density at radius 3 is 2.75 bits per heavy atom. The van der Waals surface area contributed by atoms with Gasteiger partial charge in [0.1, 0.15) is 11.9 Å². The van der Waals surface area contributed by atoms with Gasteiger partial charge in [-0.25, -0.2) is 4.39 Å². The molecule has 24 heavy (non-hydrogen) atoms. The molecule has 1 N–H and O–H groups in total. The number of ether oxygens (including phenoxy) is 1. The van der Waals surface area contributed by atoms with Crippen molar-refractivity contribution in [3.8, 4) is 0 Å². The molecule has 4 nitrogen and oxygen atoms in total. The fourth-order valence-corrected chi connectivity index (χ4v) is 3.46. The number of hydrogen-bond acceptors (Lipinski definition) is 3. The van der Waals surface area contributed by atoms with E-state index in [4.69, 9.17) is 4.74 Å². The lowest BCUT2D eigenvalue weighted by molar-refractivity contribution is -0.145. The summed E-state index contributed by atoms with van der Waals surface area (Å²) in [4.78, 5) is 14.4. The standard InChI is InChI=1S/C18H25FN2O2.ClH/c1-13-11-21(18(22)7-2-14-8-9-20-10-14)12-17(23-13)15-3-5-16(19)6-4-15;/h3-6,13-14,17,20H,2,7-12H2,1H3;1H. The summed E-state index contributed by atoms with van der Waals surface area (Å²) in [7, 11) is 0. The zero-order valence-electron chi connectivity index (χ0n) is 14.0. The molecule has 2 heterocycles. The molecule has 0 radical (unpaired) electrons. The Morgan fingerprint density at radius 2 is 2.08 bits per heavy atom. The predicted octanol–water partition coefficient (Wildman–Crippen LogP) is 2.93. The number of carbonyl (C=O) groups is 1. The van der Waals surface area contributed by atoms with Gasteiger partial charge in [0, 0.05) is 13.0 Å². The summed E-state index contributed by atoms with van der Waals surface area (Å²) in [5, 5.41) is 3.34. The summed E-state index contributed by atoms with van der Waals surface area (Å²) in [6.07, 6.45) is 2.56. The monoisotopic (exact) mass is 356 g/mol. The fraction of sp³-hybridized carbons (Fsp3) is 0.611. The number of halogens is 2. The van der Waals surface area contributed by atoms with Gasteiger partial charge >= 0.3 is 0 Å². The highest BCUT2D eigenvalue weighted by Crippen LogP contribution is 2.26. The highest BCUT2D eigenvalue weighted by atomic mass is 35.5. The summed E-state index contributed by atoms with van der Waals surface area (Å²) in [6, 6.07) is 6.37. The van der Waals surface area contributed by atoms with Crippen LogP contribution in [0.25, 0.3) is 0 Å². The van der Waals surface area contributed by atoms with Crippen molar-refractivity contribution in [2.45, 2.75) is 38.4 Å². The van der Waals surface area contributed by atoms with Gasteiger partial charge in [0.15, 0.2) is 0 Å². The first-order chi connectivity index (χ1) is 11.1. The van der Waals surface area contributed by atoms with Crippen molar-refractivity contribution in [3.63, 3.8) is 0 Å². The van der Waals surface area contributed by atoms with E-state index in [0.717, 1.165) is 25.1 Å². The molecule has 0 saturated carbocycles. The molecule has 2 saturated heterocycles. The highest BCUT2D eigenvalue weighted by molar-refractivity contribution is 5.85. The van der Waals surface area contributed by atoms with Gasteiger partial charge in [0.05, 0.1) is 12.6 Å². The van der Waals surface area contributed by atoms with Gasteiger partial charge in [-0.1, -0.05) is 12.1 Å². The molecule has 2 aliphatic rings. The number of amides is 1. The third-order valence-electron chi connectivity index (χ3n) is 4.78. The Labute approximate surface area is 149 Å². The molecule has 0 spiro atoms. The van der Waals surface area contributed by atoms with Crippen LogP contribution in [-0.4, -0.2) is 43.1 Å². The second-order valence-electron chi connectivity index (χ2n) is 6.68. The van der Waals surface area contributed by atoms with E-state index in [1.165, 1.54) is 18.6 Å². The molecule has 0 bridgehead atoms. The second-order valence-corrected chi connectivity index (χ2v) is 6.68. The van der Waals surface area contributed by atoms with Crippen LogP contribution in [0.5, 0.6) is 0 Å². The molecule has 2 aliphatic heterocycles. The topological polar surface area (TPSA) is 41.6 Å². The second kappa shape index (κ2) is 8.79. The fourth-order valence-electron chi connectivity index (χ4n) is 3.46. The number of morpholine rings is 1. The van der Waals surface area contributed by atoms with Crippen molar-refractivity contribution in [2.75, 3.05) is 26.2 Å². The van der Waals surface area contributed by atoms with E-state index in [-0.39, 0.29) is 36.3 Å². The molecule has 1 amide bonds. The molecule has 6 heteroatoms. The lowest BCUT2D eigenvalue weighted by Crippen LogP contribution is -2.46. The Kier molecular flexibility index (Phi) is 7.02. The molecule has 0 aromatic heterocycles. The minimum atomic E-state index is -0.254. The van der Waals surface area contributed by atoms with Crippen molar-refractivity contribution >= 4 is 18.3 Å². The minimum Gasteiger partial charge on any atom is -0.367 e. The molecule has 3 atom stereocenters. The van der Waals surface area contributed by atoms with E-state index in [9.17, 15) is 9.18 Å². The quantitative estimate of drug-likeness (QED) is 0.901. The first kappa shape index (κ1) is 19.2. The third-order valence-corrected chi connectivity index (χ3v) is 4.78. The number of nitrogens with one attached hydrogen (secondary N) is 1. The smallest absolute Gasteiger partial charge is 0.222 e. The number of rotatable bonds is 4. The van der Waals surface area contributed by atoms with Crippen LogP contribution in [0.2, 0.25) is 0 Å². The largest absolute Gasteiger partial charge is 0.367 e. The van der Waals surface area contributed by atoms with Crippen molar-refractivity contribution in [3.05, 3.63) is 35.6 Å². The molecule has 1 aromatic carbocycles. The Hall–Kier alpha value is -1.17. The van der Waals surface area contributed by atoms with E-state index in [1.54, 1.807) is 12.1 Å². The Balaban J connectivity index is 0.00000208. The summed E-state index contributed by atoms with van der Waals surface area (Å²) in [5.74, 6) is 0.584. The maximum Gasteiger partial charge on any atom is 0.222 e. The predicted molar refractivity (Wildman–Crippen MR) is 93.7 cm³/mol. The number of benzene rings is 1. The van der Waals surface area contributed by atoms with E-state index in [2.05, 4.69) is 5.32 Å². The van der Waals surface area contributed by atoms with Crippen molar-refractivity contribution < 1.29 is 13.9 Å². The average Bonchev–Trinajstić information content (AvgIpc) is 3.06. The number of carbonyl (C=O) groups excluding carboxylic acids is 1. The number of nitrogens with zero attached hydrogens (tertiary/aromatic N) is 1. The summed E-state index contributed by atoms with van der Waals surface area (Å²) in [5.41, 5.74) is 0.927. The van der Waals surface area contributed by atoms with E-state index < -0.39 is 0 Å². The zero-order valence-corrected chi connectivity index (χ0v) is 14.9. The third kappa shape index (κ3) is 4.91. The lowest BCUT2D eigenvalue weighted by atomic mass is 10.0. The van der Waals surface area contributed by atoms with Gasteiger partial charge in [0.25, 0.3) is 0 Å². The molecule has 1 aromatic rings. The van der Waals surface area contributed by atoms with Crippen LogP contribution in [0.4, 0.5) is 4.39 Å². The van der Waals surface area contributed by atoms with E-state index in [0.29, 0.717) is 25.4 Å². The molecule has 2 fully saturated rings. The van der Waals surface area contributed by atoms with Crippen LogP contribution in [-0.2, 0) is 9.53 Å². The van der Waals surface area contributed by atoms with Gasteiger partial charge in [-0.2, -0.15) is 0 Å². The normalized spacial score (nSPS) is 26.9. The lowest BCUT2D eigenvalue weighted by Gasteiger charge is -2.37. The Bertz CT molecular complexity index is 534. The van der Waals surface area contributed by atoms with Gasteiger partial charge in [-0.15, -0.1) is 12.4 Å². The van der Waals surface area contributed by atoms with Crippen LogP contribution in [0.1, 0.15) is 37.9 Å². The van der Waals surface area contributed by atoms with Gasteiger partial charge in [-0.05, 0) is 56.5 Å². The molecule has 3 unspecified atom stereocenters. The zero-order chi connectivity index (χ0) is 16.2. The molecular formula is C18H26ClFN2O2. The number of hydrogen-bond donors (Lipinski definition) is 1. The highest BCUT2D eigenvalue weighted by Gasteiger charge is 2.29. The van der Waals surface area contributed by atoms with Crippen LogP contribution in [0.15, 0.2) is 24.3 Å². The Morgan fingerprint density at radius 1 is 1.33 bits per heavy atom. The summed E-state index contributed by atoms with van der Waals surface area (Å²) >= 11 is 0. The van der Waals surface area contributed by atoms with Crippen molar-refractivity contribution in [2.24, 2.45) is 5.92 Å². The van der Waals surface area contributed by atoms with Gasteiger partial charge in [0.2, 0.25) is 5.91 Å². The summed E-state index contributed by atoms with van der Waals surface area (Å²) in [6.45, 7) is 5.28.